The quantitative estimate of drug-likeness (QED) is 0.169. The maximum absolute atomic E-state index is 12.1. The second kappa shape index (κ2) is 16.1. The van der Waals surface area contributed by atoms with Gasteiger partial charge in [-0.25, -0.2) is 4.98 Å². The van der Waals surface area contributed by atoms with E-state index in [9.17, 15) is 5.11 Å². The molecule has 0 bridgehead atoms. The molecule has 306 valence electrons. The Hall–Kier alpha value is -5.57. The van der Waals surface area contributed by atoms with E-state index in [1.54, 1.807) is 18.3 Å². The van der Waals surface area contributed by atoms with Gasteiger partial charge in [-0.05, 0) is 86.8 Å². The van der Waals surface area contributed by atoms with Crippen molar-refractivity contribution in [3.63, 3.8) is 0 Å². The molecule has 0 aliphatic heterocycles. The number of hydrogen-bond acceptors (Lipinski definition) is 3. The largest absolute Gasteiger partial charge is 0.507 e. The van der Waals surface area contributed by atoms with Crippen LogP contribution in [0.2, 0.25) is 0 Å². The third-order valence-electron chi connectivity index (χ3n) is 10.9. The number of aromatic nitrogens is 3. The van der Waals surface area contributed by atoms with Crippen molar-refractivity contribution in [2.45, 2.75) is 85.4 Å². The standard InChI is InChI=1S/C55H54N3O.Pt/c1-35-22-24-36(25-23-35)38-28-29-56-48(33-38)40-30-39(31-41(32-40)53(2,3)4)44-18-15-21-49-50(44)57-52(45-19-14-20-46(51(45)59)54(5,6)7)58(49)42-26-27-43(37-16-12-11-13-17-37)47(34-42)55(8,9)10;/h11-29,31-34,59H,1-10H3;/q-1;/i1D3,22D,23D,24D,25D;. The molecule has 0 saturated heterocycles. The Bertz CT molecular complexity index is 3160. The smallest absolute Gasteiger partial charge is 0.148 e. The molecule has 0 fully saturated rings. The first-order chi connectivity index (χ1) is 30.9. The van der Waals surface area contributed by atoms with E-state index >= 15 is 0 Å². The predicted molar refractivity (Wildman–Crippen MR) is 247 cm³/mol. The number of nitrogens with zero attached hydrogens (tertiary/aromatic N) is 3. The summed E-state index contributed by atoms with van der Waals surface area (Å²) in [5.41, 5.74) is 9.76. The molecule has 5 heteroatoms. The van der Waals surface area contributed by atoms with Gasteiger partial charge in [0.15, 0.2) is 0 Å². The Kier molecular flexibility index (Phi) is 9.19. The Balaban J connectivity index is 0.00000666. The number of aromatic hydroxyl groups is 1. The van der Waals surface area contributed by atoms with E-state index in [1.807, 2.05) is 42.5 Å². The number of hydrogen-bond donors (Lipinski definition) is 1. The Morgan fingerprint density at radius 3 is 1.98 bits per heavy atom. The van der Waals surface area contributed by atoms with Crippen LogP contribution in [0.3, 0.4) is 0 Å². The van der Waals surface area contributed by atoms with Gasteiger partial charge in [0.2, 0.25) is 0 Å². The second-order valence-electron chi connectivity index (χ2n) is 18.4. The fourth-order valence-corrected chi connectivity index (χ4v) is 7.73. The van der Waals surface area contributed by atoms with E-state index in [4.69, 9.17) is 19.6 Å². The number of imidazole rings is 1. The number of fused-ring (bicyclic) bond motifs is 1. The number of rotatable bonds is 6. The van der Waals surface area contributed by atoms with Gasteiger partial charge in [-0.1, -0.05) is 170 Å². The average molecular weight is 975 g/mol. The summed E-state index contributed by atoms with van der Waals surface area (Å²) in [6.07, 6.45) is 1.55. The molecule has 60 heavy (non-hydrogen) atoms. The number of pyridine rings is 1. The fourth-order valence-electron chi connectivity index (χ4n) is 7.73. The van der Waals surface area contributed by atoms with Gasteiger partial charge in [-0.3, -0.25) is 9.55 Å². The second-order valence-corrected chi connectivity index (χ2v) is 18.4. The predicted octanol–water partition coefficient (Wildman–Crippen LogP) is 14.5. The van der Waals surface area contributed by atoms with Gasteiger partial charge in [-0.15, -0.1) is 29.3 Å². The van der Waals surface area contributed by atoms with Crippen LogP contribution in [0.1, 0.15) is 94.2 Å². The monoisotopic (exact) mass is 974 g/mol. The molecule has 0 amide bonds. The maximum atomic E-state index is 12.1. The van der Waals surface area contributed by atoms with Gasteiger partial charge in [-0.2, -0.15) is 0 Å². The molecule has 6 aromatic carbocycles. The molecule has 0 radical (unpaired) electrons. The summed E-state index contributed by atoms with van der Waals surface area (Å²) < 4.78 is 60.5. The third-order valence-corrected chi connectivity index (χ3v) is 10.9. The minimum atomic E-state index is -2.82. The Morgan fingerprint density at radius 1 is 0.617 bits per heavy atom. The zero-order valence-electron chi connectivity index (χ0n) is 42.6. The van der Waals surface area contributed by atoms with E-state index in [-0.39, 0.29) is 48.6 Å². The summed E-state index contributed by atoms with van der Waals surface area (Å²) in [5, 5.41) is 12.1. The summed E-state index contributed by atoms with van der Waals surface area (Å²) in [6.45, 7) is 16.5. The van der Waals surface area contributed by atoms with Crippen LogP contribution < -0.4 is 0 Å². The van der Waals surface area contributed by atoms with Crippen LogP contribution >= 0.6 is 0 Å². The molecule has 0 aliphatic carbocycles. The molecule has 1 N–H and O–H groups in total. The van der Waals surface area contributed by atoms with Gasteiger partial charge < -0.3 is 5.11 Å². The van der Waals surface area contributed by atoms with Gasteiger partial charge >= 0.3 is 0 Å². The van der Waals surface area contributed by atoms with Gasteiger partial charge in [0.1, 0.15) is 11.6 Å². The van der Waals surface area contributed by atoms with E-state index in [0.29, 0.717) is 33.7 Å². The third kappa shape index (κ3) is 8.28. The van der Waals surface area contributed by atoms with Crippen molar-refractivity contribution < 1.29 is 35.8 Å². The van der Waals surface area contributed by atoms with E-state index in [1.165, 1.54) is 0 Å². The number of para-hydroxylation sites is 2. The number of phenols is 1. The van der Waals surface area contributed by atoms with E-state index in [2.05, 4.69) is 128 Å². The molecule has 0 atom stereocenters. The molecule has 8 rings (SSSR count). The van der Waals surface area contributed by atoms with E-state index < -0.39 is 36.6 Å². The summed E-state index contributed by atoms with van der Waals surface area (Å²) in [6, 6.07) is 37.9. The molecule has 0 unspecified atom stereocenters. The first-order valence-corrected chi connectivity index (χ1v) is 20.1. The SMILES string of the molecule is [2H]c1c([2H])c(C([2H])([2H])[2H])c([2H])c([2H])c1-c1ccnc(-c2[c-]c(-c3cccc4c3nc(-c3cccc(C(C)(C)C)c3O)n4-c3ccc(-c4ccccc4)c(C(C)(C)C)c3)cc(C(C)(C)C)c2)c1.[Pt]. The minimum absolute atomic E-state index is 0. The van der Waals surface area contributed by atoms with Crippen molar-refractivity contribution in [1.29, 1.82) is 0 Å². The van der Waals surface area contributed by atoms with E-state index in [0.717, 1.165) is 50.1 Å². The normalized spacial score (nSPS) is 14.0. The van der Waals surface area contributed by atoms with Crippen molar-refractivity contribution in [2.24, 2.45) is 0 Å². The maximum Gasteiger partial charge on any atom is 0.148 e. The number of benzene rings is 6. The van der Waals surface area contributed by atoms with Crippen LogP contribution in [0.5, 0.6) is 5.75 Å². The van der Waals surface area contributed by atoms with Gasteiger partial charge in [0.05, 0.1) is 22.1 Å². The van der Waals surface area contributed by atoms with Crippen molar-refractivity contribution in [1.82, 2.24) is 14.5 Å². The summed E-state index contributed by atoms with van der Waals surface area (Å²) in [5.74, 6) is 0.753. The van der Waals surface area contributed by atoms with Crippen molar-refractivity contribution >= 4 is 11.0 Å². The van der Waals surface area contributed by atoms with Crippen LogP contribution in [0.25, 0.3) is 72.7 Å². The minimum Gasteiger partial charge on any atom is -0.507 e. The summed E-state index contributed by atoms with van der Waals surface area (Å²) in [7, 11) is 0. The average Bonchev–Trinajstić information content (AvgIpc) is 3.64. The van der Waals surface area contributed by atoms with Crippen LogP contribution in [0, 0.1) is 12.9 Å². The molecule has 8 aromatic rings. The molecule has 0 aliphatic rings. The first-order valence-electron chi connectivity index (χ1n) is 23.6. The van der Waals surface area contributed by atoms with Crippen molar-refractivity contribution in [3.05, 3.63) is 168 Å². The zero-order valence-corrected chi connectivity index (χ0v) is 37.8. The summed E-state index contributed by atoms with van der Waals surface area (Å²) >= 11 is 0. The molecular formula is C55H54N3OPt-. The van der Waals surface area contributed by atoms with Crippen LogP contribution in [-0.2, 0) is 37.3 Å². The molecule has 2 aromatic heterocycles. The zero-order chi connectivity index (χ0) is 47.8. The number of phenolic OH excluding ortho intramolecular Hbond substituents is 1. The first kappa shape index (κ1) is 34.2. The van der Waals surface area contributed by atoms with Gasteiger partial charge in [0, 0.05) is 42.8 Å². The van der Waals surface area contributed by atoms with Crippen LogP contribution in [0.15, 0.2) is 140 Å². The fraction of sp³-hybridized carbons (Fsp3) is 0.236. The van der Waals surface area contributed by atoms with Crippen LogP contribution in [-0.4, -0.2) is 19.6 Å². The molecule has 0 saturated carbocycles. The van der Waals surface area contributed by atoms with Gasteiger partial charge in [0.25, 0.3) is 0 Å². The van der Waals surface area contributed by atoms with Crippen molar-refractivity contribution in [3.8, 4) is 67.5 Å². The topological polar surface area (TPSA) is 50.9 Å². The Labute approximate surface area is 380 Å². The summed E-state index contributed by atoms with van der Waals surface area (Å²) in [4.78, 5) is 10.2. The Morgan fingerprint density at radius 2 is 1.30 bits per heavy atom. The molecule has 2 heterocycles. The molecular weight excluding hydrogens is 914 g/mol. The van der Waals surface area contributed by atoms with Crippen molar-refractivity contribution in [2.75, 3.05) is 0 Å². The molecule has 4 nitrogen and oxygen atoms in total. The van der Waals surface area contributed by atoms with Crippen LogP contribution in [0.4, 0.5) is 0 Å². The molecule has 0 spiro atoms.